The maximum absolute atomic E-state index is 12.0. The van der Waals surface area contributed by atoms with E-state index in [0.717, 1.165) is 31.4 Å². The largest absolute Gasteiger partial charge is 0.444 e. The summed E-state index contributed by atoms with van der Waals surface area (Å²) in [4.78, 5) is 12.0. The first kappa shape index (κ1) is 17.5. The molecule has 0 spiro atoms. The normalized spacial score (nSPS) is 12.8. The fourth-order valence-corrected chi connectivity index (χ4v) is 2.11. The van der Waals surface area contributed by atoms with E-state index in [2.05, 4.69) is 10.6 Å². The molecule has 4 heteroatoms. The molecule has 1 unspecified atom stereocenters. The summed E-state index contributed by atoms with van der Waals surface area (Å²) in [6.07, 6.45) is 2.70. The molecule has 0 bridgehead atoms. The van der Waals surface area contributed by atoms with Crippen LogP contribution in [0.5, 0.6) is 0 Å². The van der Waals surface area contributed by atoms with Gasteiger partial charge in [-0.25, -0.2) is 4.79 Å². The SMILES string of the molecule is CNCCCCC(NC(=O)OC(C)(C)C)c1ccccc1. The van der Waals surface area contributed by atoms with Gasteiger partial charge in [-0.2, -0.15) is 0 Å². The lowest BCUT2D eigenvalue weighted by Crippen LogP contribution is -2.35. The molecule has 0 aliphatic rings. The Bertz CT molecular complexity index is 413. The Morgan fingerprint density at radius 2 is 1.86 bits per heavy atom. The number of ether oxygens (including phenoxy) is 1. The van der Waals surface area contributed by atoms with E-state index in [9.17, 15) is 4.79 Å². The number of hydrogen-bond donors (Lipinski definition) is 2. The van der Waals surface area contributed by atoms with Gasteiger partial charge in [0.15, 0.2) is 0 Å². The third-order valence-electron chi connectivity index (χ3n) is 3.06. The molecular weight excluding hydrogens is 264 g/mol. The first-order chi connectivity index (χ1) is 9.92. The van der Waals surface area contributed by atoms with Crippen LogP contribution in [0.15, 0.2) is 30.3 Å². The number of nitrogens with one attached hydrogen (secondary N) is 2. The van der Waals surface area contributed by atoms with E-state index < -0.39 is 5.60 Å². The van der Waals surface area contributed by atoms with Crippen molar-refractivity contribution in [2.24, 2.45) is 0 Å². The number of benzene rings is 1. The van der Waals surface area contributed by atoms with Crippen LogP contribution in [0.3, 0.4) is 0 Å². The van der Waals surface area contributed by atoms with Crippen molar-refractivity contribution in [3.63, 3.8) is 0 Å². The van der Waals surface area contributed by atoms with Gasteiger partial charge in [0.2, 0.25) is 0 Å². The van der Waals surface area contributed by atoms with Crippen LogP contribution >= 0.6 is 0 Å². The van der Waals surface area contributed by atoms with Crippen molar-refractivity contribution < 1.29 is 9.53 Å². The van der Waals surface area contributed by atoms with E-state index in [0.29, 0.717) is 0 Å². The highest BCUT2D eigenvalue weighted by Gasteiger charge is 2.20. The number of carbonyl (C=O) groups excluding carboxylic acids is 1. The zero-order valence-corrected chi connectivity index (χ0v) is 13.6. The quantitative estimate of drug-likeness (QED) is 0.754. The van der Waals surface area contributed by atoms with Crippen molar-refractivity contribution in [2.45, 2.75) is 51.7 Å². The lowest BCUT2D eigenvalue weighted by atomic mass is 10.0. The highest BCUT2D eigenvalue weighted by molar-refractivity contribution is 5.68. The van der Waals surface area contributed by atoms with Gasteiger partial charge in [-0.1, -0.05) is 30.3 Å². The van der Waals surface area contributed by atoms with Crippen LogP contribution in [0.2, 0.25) is 0 Å². The zero-order chi connectivity index (χ0) is 15.7. The van der Waals surface area contributed by atoms with Crippen LogP contribution < -0.4 is 10.6 Å². The van der Waals surface area contributed by atoms with Gasteiger partial charge in [-0.05, 0) is 59.2 Å². The predicted octanol–water partition coefficient (Wildman–Crippen LogP) is 3.64. The Balaban J connectivity index is 2.62. The van der Waals surface area contributed by atoms with E-state index in [1.54, 1.807) is 0 Å². The van der Waals surface area contributed by atoms with Gasteiger partial charge in [0.05, 0.1) is 6.04 Å². The zero-order valence-electron chi connectivity index (χ0n) is 13.6. The predicted molar refractivity (Wildman–Crippen MR) is 86.3 cm³/mol. The van der Waals surface area contributed by atoms with Crippen LogP contribution in [-0.2, 0) is 4.74 Å². The van der Waals surface area contributed by atoms with E-state index in [4.69, 9.17) is 4.74 Å². The molecule has 0 aromatic heterocycles. The molecule has 1 aromatic carbocycles. The molecule has 1 atom stereocenters. The second-order valence-electron chi connectivity index (χ2n) is 6.21. The monoisotopic (exact) mass is 292 g/mol. The lowest BCUT2D eigenvalue weighted by molar-refractivity contribution is 0.0500. The van der Waals surface area contributed by atoms with E-state index in [-0.39, 0.29) is 12.1 Å². The Morgan fingerprint density at radius 1 is 1.19 bits per heavy atom. The van der Waals surface area contributed by atoms with Gasteiger partial charge in [0.1, 0.15) is 5.60 Å². The molecule has 4 nitrogen and oxygen atoms in total. The van der Waals surface area contributed by atoms with Crippen molar-refractivity contribution >= 4 is 6.09 Å². The molecule has 0 saturated heterocycles. The summed E-state index contributed by atoms with van der Waals surface area (Å²) in [6.45, 7) is 6.61. The third kappa shape index (κ3) is 7.71. The average Bonchev–Trinajstić information content (AvgIpc) is 2.41. The number of carbonyl (C=O) groups is 1. The molecule has 21 heavy (non-hydrogen) atoms. The summed E-state index contributed by atoms with van der Waals surface area (Å²) in [6, 6.07) is 10.0. The maximum Gasteiger partial charge on any atom is 0.408 e. The molecule has 1 rings (SSSR count). The summed E-state index contributed by atoms with van der Waals surface area (Å²) in [5.74, 6) is 0. The van der Waals surface area contributed by atoms with Gasteiger partial charge in [0, 0.05) is 0 Å². The number of unbranched alkanes of at least 4 members (excludes halogenated alkanes) is 1. The molecule has 118 valence electrons. The molecule has 1 aromatic rings. The number of rotatable bonds is 7. The molecular formula is C17H28N2O2. The van der Waals surface area contributed by atoms with Crippen molar-refractivity contribution in [3.8, 4) is 0 Å². The minimum Gasteiger partial charge on any atom is -0.444 e. The number of alkyl carbamates (subject to hydrolysis) is 1. The Morgan fingerprint density at radius 3 is 2.43 bits per heavy atom. The summed E-state index contributed by atoms with van der Waals surface area (Å²) < 4.78 is 5.35. The van der Waals surface area contributed by atoms with E-state index in [1.807, 2.05) is 58.2 Å². The van der Waals surface area contributed by atoms with Crippen LogP contribution in [-0.4, -0.2) is 25.3 Å². The molecule has 0 aliphatic carbocycles. The first-order valence-electron chi connectivity index (χ1n) is 7.61. The summed E-state index contributed by atoms with van der Waals surface area (Å²) in [5.41, 5.74) is 0.644. The van der Waals surface area contributed by atoms with Crippen LogP contribution in [0.4, 0.5) is 4.79 Å². The highest BCUT2D eigenvalue weighted by atomic mass is 16.6. The fraction of sp³-hybridized carbons (Fsp3) is 0.588. The first-order valence-corrected chi connectivity index (χ1v) is 7.61. The minimum atomic E-state index is -0.475. The summed E-state index contributed by atoms with van der Waals surface area (Å²) in [5, 5.41) is 6.13. The van der Waals surface area contributed by atoms with Gasteiger partial charge in [-0.15, -0.1) is 0 Å². The smallest absolute Gasteiger partial charge is 0.408 e. The standard InChI is InChI=1S/C17H28N2O2/c1-17(2,3)21-16(20)19-15(12-8-9-13-18-4)14-10-6-5-7-11-14/h5-7,10-11,15,18H,8-9,12-13H2,1-4H3,(H,19,20). The van der Waals surface area contributed by atoms with Crippen LogP contribution in [0, 0.1) is 0 Å². The van der Waals surface area contributed by atoms with Gasteiger partial charge in [-0.3, -0.25) is 0 Å². The van der Waals surface area contributed by atoms with Gasteiger partial charge >= 0.3 is 6.09 Å². The van der Waals surface area contributed by atoms with E-state index in [1.165, 1.54) is 0 Å². The molecule has 0 fully saturated rings. The number of hydrogen-bond acceptors (Lipinski definition) is 3. The Hall–Kier alpha value is -1.55. The average molecular weight is 292 g/mol. The molecule has 0 aliphatic heterocycles. The maximum atomic E-state index is 12.0. The fourth-order valence-electron chi connectivity index (χ4n) is 2.11. The van der Waals surface area contributed by atoms with Crippen LogP contribution in [0.1, 0.15) is 51.6 Å². The van der Waals surface area contributed by atoms with Gasteiger partial charge in [0.25, 0.3) is 0 Å². The van der Waals surface area contributed by atoms with Crippen LogP contribution in [0.25, 0.3) is 0 Å². The minimum absolute atomic E-state index is 0.00194. The molecule has 2 N–H and O–H groups in total. The second kappa shape index (κ2) is 8.67. The molecule has 1 amide bonds. The third-order valence-corrected chi connectivity index (χ3v) is 3.06. The summed E-state index contributed by atoms with van der Waals surface area (Å²) >= 11 is 0. The highest BCUT2D eigenvalue weighted by Crippen LogP contribution is 2.20. The Labute approximate surface area is 128 Å². The topological polar surface area (TPSA) is 50.4 Å². The van der Waals surface area contributed by atoms with Crippen molar-refractivity contribution in [1.82, 2.24) is 10.6 Å². The van der Waals surface area contributed by atoms with Crippen molar-refractivity contribution in [3.05, 3.63) is 35.9 Å². The van der Waals surface area contributed by atoms with E-state index >= 15 is 0 Å². The Kier molecular flexibility index (Phi) is 7.23. The number of amides is 1. The second-order valence-corrected chi connectivity index (χ2v) is 6.21. The molecule has 0 radical (unpaired) electrons. The van der Waals surface area contributed by atoms with Crippen molar-refractivity contribution in [2.75, 3.05) is 13.6 Å². The van der Waals surface area contributed by atoms with Crippen molar-refractivity contribution in [1.29, 1.82) is 0 Å². The molecule has 0 saturated carbocycles. The molecule has 0 heterocycles. The summed E-state index contributed by atoms with van der Waals surface area (Å²) in [7, 11) is 1.95. The lowest BCUT2D eigenvalue weighted by Gasteiger charge is -2.24. The van der Waals surface area contributed by atoms with Gasteiger partial charge < -0.3 is 15.4 Å².